The van der Waals surface area contributed by atoms with E-state index in [2.05, 4.69) is 10.6 Å². The molecule has 1 aromatic carbocycles. The van der Waals surface area contributed by atoms with E-state index in [1.807, 2.05) is 0 Å². The molecule has 2 saturated heterocycles. The van der Waals surface area contributed by atoms with E-state index in [1.165, 1.54) is 19.1 Å². The molecule has 2 aliphatic heterocycles. The second-order valence-electron chi connectivity index (χ2n) is 10.0. The first-order valence-electron chi connectivity index (χ1n) is 12.9. The zero-order valence-electron chi connectivity index (χ0n) is 23.0. The molecule has 1 aromatic heterocycles. The van der Waals surface area contributed by atoms with Crippen molar-refractivity contribution in [1.29, 1.82) is 0 Å². The largest absolute Gasteiger partial charge is 0.462 e. The van der Waals surface area contributed by atoms with Gasteiger partial charge in [0, 0.05) is 31.4 Å². The van der Waals surface area contributed by atoms with Crippen molar-refractivity contribution in [1.82, 2.24) is 10.6 Å². The van der Waals surface area contributed by atoms with E-state index in [-0.39, 0.29) is 16.8 Å². The Morgan fingerprint density at radius 1 is 0.881 bits per heavy atom. The van der Waals surface area contributed by atoms with Crippen molar-refractivity contribution >= 4 is 22.8 Å². The number of ether oxygens (including phenoxy) is 4. The van der Waals surface area contributed by atoms with Gasteiger partial charge in [0.1, 0.15) is 60.0 Å². The molecule has 2 aromatic rings. The number of aryl methyl sites for hydroxylation is 1. The van der Waals surface area contributed by atoms with Gasteiger partial charge in [-0.25, -0.2) is 4.79 Å². The fourth-order valence-corrected chi connectivity index (χ4v) is 4.98. The average molecular weight is 601 g/mol. The van der Waals surface area contributed by atoms with E-state index in [9.17, 15) is 39.9 Å². The van der Waals surface area contributed by atoms with Gasteiger partial charge in [-0.05, 0) is 24.6 Å². The maximum atomic E-state index is 12.1. The van der Waals surface area contributed by atoms with Gasteiger partial charge in [-0.3, -0.25) is 9.59 Å². The van der Waals surface area contributed by atoms with Gasteiger partial charge in [0.15, 0.2) is 6.29 Å². The van der Waals surface area contributed by atoms with Crippen LogP contribution in [0.2, 0.25) is 0 Å². The first-order valence-corrected chi connectivity index (χ1v) is 12.9. The van der Waals surface area contributed by atoms with Gasteiger partial charge in [-0.1, -0.05) is 0 Å². The summed E-state index contributed by atoms with van der Waals surface area (Å²) in [5, 5.41) is 57.5. The Morgan fingerprint density at radius 3 is 2.07 bits per heavy atom. The molecule has 10 atom stereocenters. The second kappa shape index (κ2) is 13.9. The number of carbonyl (C=O) groups is 2. The Labute approximate surface area is 239 Å². The fourth-order valence-electron chi connectivity index (χ4n) is 4.98. The van der Waals surface area contributed by atoms with Crippen molar-refractivity contribution in [3.05, 3.63) is 40.2 Å². The minimum Gasteiger partial charge on any atom is -0.462 e. The number of hydrogen-bond acceptors (Lipinski definition) is 13. The minimum absolute atomic E-state index is 0. The van der Waals surface area contributed by atoms with Crippen LogP contribution >= 0.6 is 0 Å². The van der Waals surface area contributed by atoms with Crippen molar-refractivity contribution in [2.45, 2.75) is 82.1 Å². The van der Waals surface area contributed by atoms with Crippen LogP contribution in [0.4, 0.5) is 0 Å². The van der Waals surface area contributed by atoms with Crippen LogP contribution in [0.15, 0.2) is 33.5 Å². The molecule has 0 aliphatic carbocycles. The van der Waals surface area contributed by atoms with Crippen molar-refractivity contribution in [2.24, 2.45) is 0 Å². The van der Waals surface area contributed by atoms with Crippen LogP contribution in [0.1, 0.15) is 19.4 Å². The predicted octanol–water partition coefficient (Wildman–Crippen LogP) is -3.43. The topological polar surface area (TPSA) is 258 Å². The quantitative estimate of drug-likeness (QED) is 0.146. The third kappa shape index (κ3) is 7.05. The molecule has 234 valence electrons. The van der Waals surface area contributed by atoms with Crippen molar-refractivity contribution < 1.29 is 64.0 Å². The van der Waals surface area contributed by atoms with Crippen LogP contribution in [-0.4, -0.2) is 117 Å². The van der Waals surface area contributed by atoms with Gasteiger partial charge >= 0.3 is 5.63 Å². The summed E-state index contributed by atoms with van der Waals surface area (Å²) in [6, 6.07) is 3.41. The molecule has 16 nitrogen and oxygen atoms in total. The lowest BCUT2D eigenvalue weighted by molar-refractivity contribution is -0.325. The Morgan fingerprint density at radius 2 is 1.48 bits per heavy atom. The molecule has 0 radical (unpaired) electrons. The lowest BCUT2D eigenvalue weighted by Gasteiger charge is -2.48. The molecule has 0 saturated carbocycles. The monoisotopic (exact) mass is 600 g/mol. The number of benzene rings is 1. The van der Waals surface area contributed by atoms with Crippen molar-refractivity contribution in [3.63, 3.8) is 0 Å². The maximum Gasteiger partial charge on any atom is 0.336 e. The summed E-state index contributed by atoms with van der Waals surface area (Å²) in [6.07, 6.45) is -11.7. The van der Waals surface area contributed by atoms with E-state index in [1.54, 1.807) is 19.1 Å². The normalized spacial score (nSPS) is 33.0. The highest BCUT2D eigenvalue weighted by atomic mass is 16.7. The van der Waals surface area contributed by atoms with Crippen LogP contribution in [0, 0.1) is 6.92 Å². The van der Waals surface area contributed by atoms with Crippen molar-refractivity contribution in [3.8, 4) is 5.75 Å². The summed E-state index contributed by atoms with van der Waals surface area (Å²) >= 11 is 0. The molecule has 2 aliphatic rings. The summed E-state index contributed by atoms with van der Waals surface area (Å²) in [5.74, 6) is -0.985. The van der Waals surface area contributed by atoms with E-state index < -0.39 is 91.9 Å². The molecule has 0 spiro atoms. The fraction of sp³-hybridized carbons (Fsp3) is 0.577. The molecule has 16 heteroatoms. The summed E-state index contributed by atoms with van der Waals surface area (Å²) in [6.45, 7) is 2.71. The van der Waals surface area contributed by atoms with Crippen LogP contribution in [0.25, 0.3) is 11.0 Å². The first kappa shape index (κ1) is 33.3. The Hall–Kier alpha value is -3.19. The molecular formula is C26H36N2O14. The Kier molecular flexibility index (Phi) is 11.0. The number of fused-ring (bicyclic) bond motifs is 1. The van der Waals surface area contributed by atoms with Gasteiger partial charge in [-0.2, -0.15) is 0 Å². The highest BCUT2D eigenvalue weighted by Crippen LogP contribution is 2.31. The zero-order valence-corrected chi connectivity index (χ0v) is 23.0. The molecule has 4 rings (SSSR count). The van der Waals surface area contributed by atoms with E-state index in [0.717, 1.165) is 6.92 Å². The third-order valence-corrected chi connectivity index (χ3v) is 6.94. The number of amides is 2. The first-order chi connectivity index (χ1) is 19.4. The van der Waals surface area contributed by atoms with Crippen molar-refractivity contribution in [2.75, 3.05) is 13.2 Å². The Bertz CT molecular complexity index is 1300. The SMILES string of the molecule is CC(=O)N[C@H]1[C@H](Oc2ccc3c(C)cc(=O)oc3c2)O[C@H](CO)[C@@H](O[C@@H]2O[C@H](CO)[C@@H](O)[C@H](O)[C@H]2NC(C)=O)[C@@H]1O.O. The lowest BCUT2D eigenvalue weighted by Crippen LogP contribution is -2.69. The van der Waals surface area contributed by atoms with E-state index in [4.69, 9.17) is 23.4 Å². The summed E-state index contributed by atoms with van der Waals surface area (Å²) in [4.78, 5) is 35.7. The Balaban J connectivity index is 0.00000484. The van der Waals surface area contributed by atoms with E-state index in [0.29, 0.717) is 10.9 Å². The number of aliphatic hydroxyl groups is 5. The molecule has 3 heterocycles. The molecule has 0 bridgehead atoms. The molecule has 0 unspecified atom stereocenters. The summed E-state index contributed by atoms with van der Waals surface area (Å²) in [5.41, 5.74) is 0.362. The van der Waals surface area contributed by atoms with E-state index >= 15 is 0 Å². The van der Waals surface area contributed by atoms with Crippen LogP contribution < -0.4 is 21.0 Å². The second-order valence-corrected chi connectivity index (χ2v) is 10.0. The van der Waals surface area contributed by atoms with Gasteiger partial charge in [0.25, 0.3) is 0 Å². The highest BCUT2D eigenvalue weighted by molar-refractivity contribution is 5.81. The molecule has 42 heavy (non-hydrogen) atoms. The smallest absolute Gasteiger partial charge is 0.336 e. The standard InChI is InChI=1S/C26H34N2O13.H2O/c1-10-6-18(33)38-15-7-13(4-5-14(10)15)37-25-20(28-12(3)32)23(36)24(17(9-30)40-25)41-26-19(27-11(2)31)22(35)21(34)16(8-29)39-26;/h4-7,16-17,19-26,29-30,34-36H,8-9H2,1-3H3,(H,27,31)(H,28,32);1H2/t16-,17-,19-,20-,21-,22-,23-,24-,25-,26+;/m1./s1. The number of hydrogen-bond donors (Lipinski definition) is 7. The molecule has 2 amide bonds. The molecular weight excluding hydrogens is 564 g/mol. The zero-order chi connectivity index (χ0) is 30.0. The lowest BCUT2D eigenvalue weighted by atomic mass is 9.94. The molecule has 2 fully saturated rings. The predicted molar refractivity (Wildman–Crippen MR) is 141 cm³/mol. The number of rotatable bonds is 8. The van der Waals surface area contributed by atoms with Gasteiger partial charge in [0.05, 0.1) is 13.2 Å². The van der Waals surface area contributed by atoms with Crippen LogP contribution in [0.3, 0.4) is 0 Å². The van der Waals surface area contributed by atoms with Gasteiger partial charge in [0.2, 0.25) is 18.1 Å². The number of carbonyl (C=O) groups excluding carboxylic acids is 2. The molecule has 9 N–H and O–H groups in total. The average Bonchev–Trinajstić information content (AvgIpc) is 2.90. The van der Waals surface area contributed by atoms with Crippen LogP contribution in [-0.2, 0) is 23.8 Å². The third-order valence-electron chi connectivity index (χ3n) is 6.94. The summed E-state index contributed by atoms with van der Waals surface area (Å²) in [7, 11) is 0. The highest BCUT2D eigenvalue weighted by Gasteiger charge is 2.52. The van der Waals surface area contributed by atoms with Crippen LogP contribution in [0.5, 0.6) is 5.75 Å². The van der Waals surface area contributed by atoms with Gasteiger partial charge < -0.3 is 65.0 Å². The number of aliphatic hydroxyl groups excluding tert-OH is 5. The minimum atomic E-state index is -1.62. The summed E-state index contributed by atoms with van der Waals surface area (Å²) < 4.78 is 28.5. The van der Waals surface area contributed by atoms with Gasteiger partial charge in [-0.15, -0.1) is 0 Å². The maximum absolute atomic E-state index is 12.1. The number of nitrogens with one attached hydrogen (secondary N) is 2.